The topological polar surface area (TPSA) is 81.9 Å². The van der Waals surface area contributed by atoms with E-state index in [4.69, 9.17) is 16.3 Å². The van der Waals surface area contributed by atoms with E-state index < -0.39 is 5.25 Å². The standard InChI is InChI=1S/C18H18ClN5O2S/c1-11-7-8-16(26-3)15(9-11)24-18(21-22-23-24)27-12(2)17(25)20-14-6-4-5-13(19)10-14/h4-10,12H,1-3H3,(H,20,25)/t12-/m1/s1. The average Bonchev–Trinajstić information content (AvgIpc) is 3.09. The van der Waals surface area contributed by atoms with Crippen molar-refractivity contribution in [2.75, 3.05) is 12.4 Å². The summed E-state index contributed by atoms with van der Waals surface area (Å²) in [6.45, 7) is 3.76. The molecule has 1 heterocycles. The van der Waals surface area contributed by atoms with E-state index in [1.54, 1.807) is 43.0 Å². The molecule has 3 aromatic rings. The number of anilines is 1. The van der Waals surface area contributed by atoms with Crippen LogP contribution in [0.5, 0.6) is 5.75 Å². The van der Waals surface area contributed by atoms with Gasteiger partial charge >= 0.3 is 0 Å². The Morgan fingerprint density at radius 3 is 2.85 bits per heavy atom. The molecule has 1 amide bonds. The Morgan fingerprint density at radius 1 is 1.30 bits per heavy atom. The van der Waals surface area contributed by atoms with Crippen LogP contribution in [0.15, 0.2) is 47.6 Å². The van der Waals surface area contributed by atoms with Crippen molar-refractivity contribution in [2.45, 2.75) is 24.3 Å². The van der Waals surface area contributed by atoms with Gasteiger partial charge in [-0.05, 0) is 60.2 Å². The van der Waals surface area contributed by atoms with Crippen molar-refractivity contribution < 1.29 is 9.53 Å². The first-order chi connectivity index (χ1) is 13.0. The van der Waals surface area contributed by atoms with Gasteiger partial charge in [0.25, 0.3) is 0 Å². The molecule has 1 atom stereocenters. The van der Waals surface area contributed by atoms with Crippen molar-refractivity contribution in [3.63, 3.8) is 0 Å². The van der Waals surface area contributed by atoms with Gasteiger partial charge in [0.2, 0.25) is 11.1 Å². The number of amides is 1. The fourth-order valence-electron chi connectivity index (χ4n) is 2.39. The molecule has 0 saturated heterocycles. The van der Waals surface area contributed by atoms with E-state index in [9.17, 15) is 4.79 Å². The summed E-state index contributed by atoms with van der Waals surface area (Å²) in [6, 6.07) is 12.7. The molecule has 140 valence electrons. The van der Waals surface area contributed by atoms with Gasteiger partial charge in [0, 0.05) is 10.7 Å². The van der Waals surface area contributed by atoms with E-state index in [-0.39, 0.29) is 5.91 Å². The lowest BCUT2D eigenvalue weighted by Crippen LogP contribution is -2.23. The number of nitrogens with one attached hydrogen (secondary N) is 1. The van der Waals surface area contributed by atoms with Gasteiger partial charge in [-0.2, -0.15) is 4.68 Å². The van der Waals surface area contributed by atoms with Crippen LogP contribution in [0.4, 0.5) is 5.69 Å². The molecular weight excluding hydrogens is 386 g/mol. The fourth-order valence-corrected chi connectivity index (χ4v) is 3.38. The molecule has 0 fully saturated rings. The maximum absolute atomic E-state index is 12.5. The Kier molecular flexibility index (Phi) is 5.98. The number of benzene rings is 2. The molecule has 0 aliphatic rings. The molecule has 27 heavy (non-hydrogen) atoms. The van der Waals surface area contributed by atoms with Crippen molar-refractivity contribution >= 4 is 35.0 Å². The third kappa shape index (κ3) is 4.58. The molecule has 0 aliphatic heterocycles. The summed E-state index contributed by atoms with van der Waals surface area (Å²) in [6.07, 6.45) is 0. The summed E-state index contributed by atoms with van der Waals surface area (Å²) in [7, 11) is 1.59. The Labute approximate surface area is 166 Å². The summed E-state index contributed by atoms with van der Waals surface area (Å²) < 4.78 is 6.97. The van der Waals surface area contributed by atoms with E-state index in [2.05, 4.69) is 20.8 Å². The second kappa shape index (κ2) is 8.41. The number of methoxy groups -OCH3 is 1. The first-order valence-corrected chi connectivity index (χ1v) is 9.40. The van der Waals surface area contributed by atoms with Crippen molar-refractivity contribution in [2.24, 2.45) is 0 Å². The minimum atomic E-state index is -0.426. The summed E-state index contributed by atoms with van der Waals surface area (Å²) in [4.78, 5) is 12.5. The molecule has 0 bridgehead atoms. The number of tetrazole rings is 1. The first-order valence-electron chi connectivity index (χ1n) is 8.14. The number of thioether (sulfide) groups is 1. The molecule has 2 aromatic carbocycles. The van der Waals surface area contributed by atoms with Crippen LogP contribution in [0.25, 0.3) is 5.69 Å². The summed E-state index contributed by atoms with van der Waals surface area (Å²) in [5.41, 5.74) is 2.40. The predicted octanol–water partition coefficient (Wildman–Crippen LogP) is 3.75. The molecule has 0 aliphatic carbocycles. The predicted molar refractivity (Wildman–Crippen MR) is 106 cm³/mol. The summed E-state index contributed by atoms with van der Waals surface area (Å²) in [5.74, 6) is 0.471. The molecular formula is C18H18ClN5O2S. The van der Waals surface area contributed by atoms with Gasteiger partial charge in [-0.1, -0.05) is 35.5 Å². The number of ether oxygens (including phenoxy) is 1. The molecule has 1 aromatic heterocycles. The Hall–Kier alpha value is -2.58. The Morgan fingerprint density at radius 2 is 2.11 bits per heavy atom. The Balaban J connectivity index is 1.78. The molecule has 0 saturated carbocycles. The number of halogens is 1. The SMILES string of the molecule is COc1ccc(C)cc1-n1nnnc1S[C@H](C)C(=O)Nc1cccc(Cl)c1. The average molecular weight is 404 g/mol. The molecule has 0 unspecified atom stereocenters. The minimum absolute atomic E-state index is 0.173. The number of carbonyl (C=O) groups excluding carboxylic acids is 1. The van der Waals surface area contributed by atoms with Gasteiger partial charge in [-0.15, -0.1) is 5.10 Å². The van der Waals surface area contributed by atoms with Crippen LogP contribution in [0.2, 0.25) is 5.02 Å². The lowest BCUT2D eigenvalue weighted by Gasteiger charge is -2.13. The number of nitrogens with zero attached hydrogens (tertiary/aromatic N) is 4. The van der Waals surface area contributed by atoms with Crippen LogP contribution in [0.1, 0.15) is 12.5 Å². The highest BCUT2D eigenvalue weighted by molar-refractivity contribution is 8.00. The molecule has 1 N–H and O–H groups in total. The fraction of sp³-hybridized carbons (Fsp3) is 0.222. The zero-order valence-electron chi connectivity index (χ0n) is 15.0. The largest absolute Gasteiger partial charge is 0.494 e. The van der Waals surface area contributed by atoms with Crippen molar-refractivity contribution in [3.8, 4) is 11.4 Å². The number of hydrogen-bond acceptors (Lipinski definition) is 6. The molecule has 0 radical (unpaired) electrons. The van der Waals surface area contributed by atoms with Crippen molar-refractivity contribution in [1.29, 1.82) is 0 Å². The number of carbonyl (C=O) groups is 1. The van der Waals surface area contributed by atoms with Crippen LogP contribution in [0.3, 0.4) is 0 Å². The molecule has 7 nitrogen and oxygen atoms in total. The van der Waals surface area contributed by atoms with Crippen LogP contribution < -0.4 is 10.1 Å². The van der Waals surface area contributed by atoms with Gasteiger partial charge in [0.1, 0.15) is 11.4 Å². The number of aromatic nitrogens is 4. The summed E-state index contributed by atoms with van der Waals surface area (Å²) in [5, 5.41) is 15.3. The van der Waals surface area contributed by atoms with Crippen LogP contribution >= 0.6 is 23.4 Å². The zero-order chi connectivity index (χ0) is 19.4. The van der Waals surface area contributed by atoms with Crippen molar-refractivity contribution in [3.05, 3.63) is 53.1 Å². The second-order valence-corrected chi connectivity index (χ2v) is 7.55. The van der Waals surface area contributed by atoms with E-state index in [1.807, 2.05) is 25.1 Å². The smallest absolute Gasteiger partial charge is 0.237 e. The first kappa shape index (κ1) is 19.2. The van der Waals surface area contributed by atoms with E-state index >= 15 is 0 Å². The highest BCUT2D eigenvalue weighted by Gasteiger charge is 2.21. The minimum Gasteiger partial charge on any atom is -0.494 e. The maximum atomic E-state index is 12.5. The van der Waals surface area contributed by atoms with Gasteiger partial charge < -0.3 is 10.1 Å². The highest BCUT2D eigenvalue weighted by atomic mass is 35.5. The Bertz CT molecular complexity index is 962. The molecule has 0 spiro atoms. The quantitative estimate of drug-likeness (QED) is 0.631. The van der Waals surface area contributed by atoms with E-state index in [0.29, 0.717) is 27.3 Å². The molecule has 9 heteroatoms. The monoisotopic (exact) mass is 403 g/mol. The number of aryl methyl sites for hydroxylation is 1. The molecule has 3 rings (SSSR count). The third-order valence-electron chi connectivity index (χ3n) is 3.75. The van der Waals surface area contributed by atoms with Crippen LogP contribution in [-0.4, -0.2) is 38.5 Å². The van der Waals surface area contributed by atoms with E-state index in [1.165, 1.54) is 11.8 Å². The van der Waals surface area contributed by atoms with Crippen LogP contribution in [0, 0.1) is 6.92 Å². The summed E-state index contributed by atoms with van der Waals surface area (Å²) >= 11 is 7.21. The third-order valence-corrected chi connectivity index (χ3v) is 5.02. The number of hydrogen-bond donors (Lipinski definition) is 1. The normalized spacial score (nSPS) is 11.9. The highest BCUT2D eigenvalue weighted by Crippen LogP contribution is 2.29. The maximum Gasteiger partial charge on any atom is 0.237 e. The van der Waals surface area contributed by atoms with Crippen molar-refractivity contribution in [1.82, 2.24) is 20.2 Å². The number of rotatable bonds is 6. The lowest BCUT2D eigenvalue weighted by atomic mass is 10.2. The zero-order valence-corrected chi connectivity index (χ0v) is 16.6. The van der Waals surface area contributed by atoms with Crippen LogP contribution in [-0.2, 0) is 4.79 Å². The van der Waals surface area contributed by atoms with E-state index in [0.717, 1.165) is 5.56 Å². The van der Waals surface area contributed by atoms with Gasteiger partial charge in [-0.25, -0.2) is 0 Å². The van der Waals surface area contributed by atoms with Gasteiger partial charge in [-0.3, -0.25) is 4.79 Å². The van der Waals surface area contributed by atoms with Gasteiger partial charge in [0.15, 0.2) is 0 Å². The lowest BCUT2D eigenvalue weighted by molar-refractivity contribution is -0.115. The van der Waals surface area contributed by atoms with Gasteiger partial charge in [0.05, 0.1) is 12.4 Å². The second-order valence-electron chi connectivity index (χ2n) is 5.81.